The van der Waals surface area contributed by atoms with Gasteiger partial charge in [-0.1, -0.05) is 54.6 Å². The lowest BCUT2D eigenvalue weighted by atomic mass is 10.2. The highest BCUT2D eigenvalue weighted by atomic mass is 16.4. The van der Waals surface area contributed by atoms with Gasteiger partial charge in [0.2, 0.25) is 5.84 Å². The predicted molar refractivity (Wildman–Crippen MR) is 101 cm³/mol. The molecule has 0 amide bonds. The highest BCUT2D eigenvalue weighted by Crippen LogP contribution is 2.14. The van der Waals surface area contributed by atoms with Gasteiger partial charge in [0, 0.05) is 5.56 Å². The Bertz CT molecular complexity index is 938. The first-order chi connectivity index (χ1) is 12.7. The summed E-state index contributed by atoms with van der Waals surface area (Å²) in [6.45, 7) is 0. The molecule has 2 N–H and O–H groups in total. The molecule has 0 fully saturated rings. The van der Waals surface area contributed by atoms with Crippen LogP contribution < -0.4 is 5.43 Å². The Labute approximate surface area is 150 Å². The summed E-state index contributed by atoms with van der Waals surface area (Å²) in [5.41, 5.74) is 5.07. The third kappa shape index (κ3) is 4.61. The fourth-order valence-corrected chi connectivity index (χ4v) is 2.17. The van der Waals surface area contributed by atoms with Crippen molar-refractivity contribution in [3.63, 3.8) is 0 Å². The van der Waals surface area contributed by atoms with E-state index in [4.69, 9.17) is 5.11 Å². The van der Waals surface area contributed by atoms with Crippen LogP contribution in [-0.4, -0.2) is 16.9 Å². The number of amidine groups is 1. The van der Waals surface area contributed by atoms with Crippen LogP contribution in [-0.2, 0) is 0 Å². The summed E-state index contributed by atoms with van der Waals surface area (Å²) in [5, 5.41) is 21.8. The van der Waals surface area contributed by atoms with Crippen LogP contribution in [0.25, 0.3) is 0 Å². The summed E-state index contributed by atoms with van der Waals surface area (Å²) in [4.78, 5) is 11.1. The van der Waals surface area contributed by atoms with Gasteiger partial charge in [0.15, 0.2) is 0 Å². The molecule has 0 aliphatic rings. The van der Waals surface area contributed by atoms with Crippen LogP contribution in [0.3, 0.4) is 0 Å². The fraction of sp³-hybridized carbons (Fsp3) is 0. The number of hydrogen-bond acceptors (Lipinski definition) is 4. The minimum Gasteiger partial charge on any atom is -0.478 e. The van der Waals surface area contributed by atoms with Crippen molar-refractivity contribution < 1.29 is 9.90 Å². The van der Waals surface area contributed by atoms with Gasteiger partial charge >= 0.3 is 5.97 Å². The van der Waals surface area contributed by atoms with Crippen molar-refractivity contribution in [3.8, 4) is 0 Å². The van der Waals surface area contributed by atoms with E-state index in [0.717, 1.165) is 5.56 Å². The number of hydrogen-bond donors (Lipinski definition) is 2. The Morgan fingerprint density at radius 2 is 1.46 bits per heavy atom. The number of carbonyl (C=O) groups is 1. The van der Waals surface area contributed by atoms with E-state index in [2.05, 4.69) is 20.8 Å². The summed E-state index contributed by atoms with van der Waals surface area (Å²) < 4.78 is 0. The van der Waals surface area contributed by atoms with Crippen molar-refractivity contribution in [1.82, 2.24) is 0 Å². The third-order valence-electron chi connectivity index (χ3n) is 3.45. The molecule has 3 rings (SSSR count). The normalized spacial score (nSPS) is 11.5. The summed E-state index contributed by atoms with van der Waals surface area (Å²) in [6, 6.07) is 25.2. The molecule has 0 bridgehead atoms. The maximum atomic E-state index is 11.1. The number of nitrogens with zero attached hydrogens (tertiary/aromatic N) is 3. The summed E-state index contributed by atoms with van der Waals surface area (Å²) >= 11 is 0. The number of azo groups is 1. The summed E-state index contributed by atoms with van der Waals surface area (Å²) in [7, 11) is 0. The van der Waals surface area contributed by atoms with Crippen molar-refractivity contribution in [1.29, 1.82) is 0 Å². The zero-order valence-corrected chi connectivity index (χ0v) is 13.8. The Hall–Kier alpha value is -3.80. The third-order valence-corrected chi connectivity index (χ3v) is 3.45. The highest BCUT2D eigenvalue weighted by Gasteiger charge is 2.05. The molecule has 0 radical (unpaired) electrons. The van der Waals surface area contributed by atoms with Gasteiger partial charge in [-0.3, -0.25) is 5.43 Å². The quantitative estimate of drug-likeness (QED) is 0.297. The Kier molecular flexibility index (Phi) is 5.47. The number of benzene rings is 3. The minimum atomic E-state index is -0.996. The monoisotopic (exact) mass is 344 g/mol. The largest absolute Gasteiger partial charge is 0.478 e. The molecule has 0 unspecified atom stereocenters. The summed E-state index contributed by atoms with van der Waals surface area (Å²) in [5.74, 6) is -0.611. The molecule has 6 nitrogen and oxygen atoms in total. The number of hydrazone groups is 1. The first kappa shape index (κ1) is 17.0. The standard InChI is InChI=1S/C20H16N4O2/c25-20(26)16-10-7-13-18(14-16)22-24-19(15-8-3-1-4-9-15)23-21-17-11-5-2-6-12-17/h1-14,22H,(H,25,26). The van der Waals surface area contributed by atoms with E-state index in [1.54, 1.807) is 12.1 Å². The first-order valence-electron chi connectivity index (χ1n) is 7.91. The molecule has 0 aliphatic carbocycles. The smallest absolute Gasteiger partial charge is 0.335 e. The lowest BCUT2D eigenvalue weighted by Gasteiger charge is -2.04. The predicted octanol–water partition coefficient (Wildman–Crippen LogP) is 4.94. The van der Waals surface area contributed by atoms with Gasteiger partial charge in [0.1, 0.15) is 0 Å². The molecule has 0 aliphatic heterocycles. The van der Waals surface area contributed by atoms with E-state index in [1.807, 2.05) is 60.7 Å². The number of carboxylic acid groups (broad SMARTS) is 1. The molecular formula is C20H16N4O2. The average molecular weight is 344 g/mol. The molecule has 128 valence electrons. The molecular weight excluding hydrogens is 328 g/mol. The van der Waals surface area contributed by atoms with E-state index in [9.17, 15) is 4.79 Å². The second kappa shape index (κ2) is 8.34. The number of carboxylic acids is 1. The van der Waals surface area contributed by atoms with Crippen molar-refractivity contribution in [2.75, 3.05) is 5.43 Å². The van der Waals surface area contributed by atoms with E-state index >= 15 is 0 Å². The van der Waals surface area contributed by atoms with E-state index in [0.29, 0.717) is 17.2 Å². The maximum Gasteiger partial charge on any atom is 0.335 e. The Balaban J connectivity index is 1.88. The van der Waals surface area contributed by atoms with Crippen molar-refractivity contribution >= 4 is 23.2 Å². The van der Waals surface area contributed by atoms with Gasteiger partial charge in [-0.15, -0.1) is 10.2 Å². The molecule has 0 saturated heterocycles. The van der Waals surface area contributed by atoms with Crippen molar-refractivity contribution in [2.45, 2.75) is 0 Å². The van der Waals surface area contributed by atoms with Crippen LogP contribution in [0.5, 0.6) is 0 Å². The highest BCUT2D eigenvalue weighted by molar-refractivity contribution is 5.99. The Morgan fingerprint density at radius 1 is 0.808 bits per heavy atom. The molecule has 3 aromatic carbocycles. The zero-order valence-electron chi connectivity index (χ0n) is 13.8. The van der Waals surface area contributed by atoms with Crippen LogP contribution >= 0.6 is 0 Å². The van der Waals surface area contributed by atoms with Crippen LogP contribution in [0, 0.1) is 0 Å². The van der Waals surface area contributed by atoms with Gasteiger partial charge in [0.25, 0.3) is 0 Å². The topological polar surface area (TPSA) is 86.4 Å². The van der Waals surface area contributed by atoms with Gasteiger partial charge < -0.3 is 5.11 Å². The molecule has 0 saturated carbocycles. The second-order valence-electron chi connectivity index (χ2n) is 5.33. The van der Waals surface area contributed by atoms with Gasteiger partial charge in [-0.2, -0.15) is 5.10 Å². The van der Waals surface area contributed by atoms with E-state index in [-0.39, 0.29) is 5.56 Å². The average Bonchev–Trinajstić information content (AvgIpc) is 2.69. The first-order valence-corrected chi connectivity index (χ1v) is 7.91. The Morgan fingerprint density at radius 3 is 2.15 bits per heavy atom. The number of nitrogens with one attached hydrogen (secondary N) is 1. The lowest BCUT2D eigenvalue weighted by molar-refractivity contribution is 0.0697. The maximum absolute atomic E-state index is 11.1. The van der Waals surface area contributed by atoms with Crippen LogP contribution in [0.2, 0.25) is 0 Å². The van der Waals surface area contributed by atoms with Gasteiger partial charge in [-0.05, 0) is 30.3 Å². The molecule has 6 heteroatoms. The van der Waals surface area contributed by atoms with Crippen molar-refractivity contribution in [2.24, 2.45) is 15.3 Å². The van der Waals surface area contributed by atoms with E-state index in [1.165, 1.54) is 12.1 Å². The second-order valence-corrected chi connectivity index (χ2v) is 5.33. The molecule has 3 aromatic rings. The van der Waals surface area contributed by atoms with Crippen LogP contribution in [0.1, 0.15) is 15.9 Å². The number of rotatable bonds is 5. The van der Waals surface area contributed by atoms with E-state index < -0.39 is 5.97 Å². The van der Waals surface area contributed by atoms with Gasteiger partial charge in [-0.25, -0.2) is 4.79 Å². The zero-order chi connectivity index (χ0) is 18.2. The van der Waals surface area contributed by atoms with Crippen LogP contribution in [0.15, 0.2) is 100 Å². The summed E-state index contributed by atoms with van der Waals surface area (Å²) in [6.07, 6.45) is 0. The number of aromatic carboxylic acids is 1. The van der Waals surface area contributed by atoms with Crippen LogP contribution in [0.4, 0.5) is 11.4 Å². The molecule has 0 aromatic heterocycles. The molecule has 26 heavy (non-hydrogen) atoms. The lowest BCUT2D eigenvalue weighted by Crippen LogP contribution is -2.02. The number of anilines is 1. The molecule has 0 heterocycles. The molecule has 0 atom stereocenters. The van der Waals surface area contributed by atoms with Gasteiger partial charge in [0.05, 0.1) is 16.9 Å². The molecule has 0 spiro atoms. The minimum absolute atomic E-state index is 0.178. The van der Waals surface area contributed by atoms with Crippen molar-refractivity contribution in [3.05, 3.63) is 96.1 Å². The fourth-order valence-electron chi connectivity index (χ4n) is 2.17. The SMILES string of the molecule is O=C(O)c1cccc(NN=C(N=Nc2ccccc2)c2ccccc2)c1.